The molecule has 5 N–H and O–H groups in total. The van der Waals surface area contributed by atoms with E-state index in [9.17, 15) is 9.90 Å². The van der Waals surface area contributed by atoms with Crippen LogP contribution in [0.1, 0.15) is 10.5 Å². The van der Waals surface area contributed by atoms with Gasteiger partial charge in [0.2, 0.25) is 0 Å². The third kappa shape index (κ3) is 2.72. The molecule has 1 aromatic carbocycles. The maximum absolute atomic E-state index is 11.7. The standard InChI is InChI=1S/C11H12N4O2.ClH/c1-13-11(12)15-10(17)9-4-6-2-3-7(16)5-8(6)14-9;/h2-5,14,16H,1H3,(H3,12,13,15,17);1H. The molecule has 1 aromatic heterocycles. The van der Waals surface area contributed by atoms with E-state index in [4.69, 9.17) is 5.73 Å². The minimum Gasteiger partial charge on any atom is -0.508 e. The fourth-order valence-electron chi connectivity index (χ4n) is 1.48. The molecule has 0 aliphatic carbocycles. The van der Waals surface area contributed by atoms with Crippen LogP contribution in [-0.4, -0.2) is 29.0 Å². The van der Waals surface area contributed by atoms with Crippen molar-refractivity contribution < 1.29 is 9.90 Å². The number of nitrogens with one attached hydrogen (secondary N) is 2. The van der Waals surface area contributed by atoms with Gasteiger partial charge in [0.25, 0.3) is 5.91 Å². The van der Waals surface area contributed by atoms with Crippen molar-refractivity contribution in [1.29, 1.82) is 0 Å². The Balaban J connectivity index is 0.00000162. The Morgan fingerprint density at radius 3 is 2.83 bits per heavy atom. The van der Waals surface area contributed by atoms with Crippen molar-refractivity contribution in [3.05, 3.63) is 30.0 Å². The Morgan fingerprint density at radius 2 is 2.17 bits per heavy atom. The molecule has 0 saturated carbocycles. The molecule has 2 rings (SSSR count). The number of halogens is 1. The van der Waals surface area contributed by atoms with Gasteiger partial charge in [0.1, 0.15) is 11.4 Å². The van der Waals surface area contributed by atoms with Gasteiger partial charge in [0.15, 0.2) is 5.96 Å². The molecule has 6 nitrogen and oxygen atoms in total. The molecule has 0 atom stereocenters. The number of rotatable bonds is 1. The summed E-state index contributed by atoms with van der Waals surface area (Å²) in [6.07, 6.45) is 0. The number of aliphatic imine (C=N–C) groups is 1. The number of hydrogen-bond acceptors (Lipinski definition) is 3. The summed E-state index contributed by atoms with van der Waals surface area (Å²) in [4.78, 5) is 18.2. The van der Waals surface area contributed by atoms with Crippen molar-refractivity contribution in [2.24, 2.45) is 10.7 Å². The summed E-state index contributed by atoms with van der Waals surface area (Å²) < 4.78 is 0. The van der Waals surface area contributed by atoms with E-state index in [1.54, 1.807) is 24.3 Å². The van der Waals surface area contributed by atoms with E-state index in [0.29, 0.717) is 11.2 Å². The summed E-state index contributed by atoms with van der Waals surface area (Å²) in [6, 6.07) is 6.49. The highest BCUT2D eigenvalue weighted by molar-refractivity contribution is 6.06. The van der Waals surface area contributed by atoms with Crippen molar-refractivity contribution in [2.45, 2.75) is 0 Å². The smallest absolute Gasteiger partial charge is 0.274 e. The molecule has 0 aliphatic rings. The van der Waals surface area contributed by atoms with Crippen LogP contribution < -0.4 is 11.1 Å². The molecular formula is C11H13ClN4O2. The number of guanidine groups is 1. The van der Waals surface area contributed by atoms with E-state index in [-0.39, 0.29) is 30.0 Å². The van der Waals surface area contributed by atoms with Crippen LogP contribution in [0.4, 0.5) is 0 Å². The first-order valence-corrected chi connectivity index (χ1v) is 4.95. The molecule has 1 amide bonds. The number of nitrogens with zero attached hydrogens (tertiary/aromatic N) is 1. The van der Waals surface area contributed by atoms with Gasteiger partial charge in [-0.3, -0.25) is 15.1 Å². The van der Waals surface area contributed by atoms with Gasteiger partial charge in [-0.25, -0.2) is 0 Å². The Morgan fingerprint density at radius 1 is 1.44 bits per heavy atom. The third-order valence-electron chi connectivity index (χ3n) is 2.33. The number of nitrogens with two attached hydrogens (primary N) is 1. The number of aromatic nitrogens is 1. The van der Waals surface area contributed by atoms with Gasteiger partial charge in [0, 0.05) is 24.0 Å². The zero-order chi connectivity index (χ0) is 12.4. The zero-order valence-corrected chi connectivity index (χ0v) is 10.4. The van der Waals surface area contributed by atoms with Crippen LogP contribution in [0, 0.1) is 0 Å². The molecule has 18 heavy (non-hydrogen) atoms. The van der Waals surface area contributed by atoms with E-state index >= 15 is 0 Å². The lowest BCUT2D eigenvalue weighted by molar-refractivity contribution is 0.0972. The van der Waals surface area contributed by atoms with E-state index < -0.39 is 0 Å². The van der Waals surface area contributed by atoms with Gasteiger partial charge >= 0.3 is 0 Å². The number of aromatic hydroxyl groups is 1. The number of fused-ring (bicyclic) bond motifs is 1. The summed E-state index contributed by atoms with van der Waals surface area (Å²) in [5.74, 6) is -0.179. The number of phenols is 1. The summed E-state index contributed by atoms with van der Waals surface area (Å²) in [5, 5.41) is 12.6. The molecule has 1 heterocycles. The van der Waals surface area contributed by atoms with Gasteiger partial charge in [-0.1, -0.05) is 0 Å². The maximum Gasteiger partial charge on any atom is 0.274 e. The van der Waals surface area contributed by atoms with Crippen molar-refractivity contribution in [2.75, 3.05) is 7.05 Å². The molecule has 0 saturated heterocycles. The molecule has 0 bridgehead atoms. The van der Waals surface area contributed by atoms with Gasteiger partial charge in [-0.15, -0.1) is 12.4 Å². The molecule has 0 fully saturated rings. The van der Waals surface area contributed by atoms with Crippen LogP contribution in [0.25, 0.3) is 10.9 Å². The van der Waals surface area contributed by atoms with Gasteiger partial charge in [0.05, 0.1) is 0 Å². The normalized spacial score (nSPS) is 11.1. The number of benzene rings is 1. The highest BCUT2D eigenvalue weighted by Crippen LogP contribution is 2.20. The highest BCUT2D eigenvalue weighted by atomic mass is 35.5. The van der Waals surface area contributed by atoms with Crippen LogP contribution in [-0.2, 0) is 0 Å². The average Bonchev–Trinajstić information content (AvgIpc) is 2.71. The predicted molar refractivity (Wildman–Crippen MR) is 72.2 cm³/mol. The minimum atomic E-state index is -0.371. The SMILES string of the molecule is CN=C(N)NC(=O)c1cc2ccc(O)cc2[nH]1.Cl. The predicted octanol–water partition coefficient (Wildman–Crippen LogP) is 0.970. The summed E-state index contributed by atoms with van der Waals surface area (Å²) in [6.45, 7) is 0. The Bertz CT molecular complexity index is 606. The summed E-state index contributed by atoms with van der Waals surface area (Å²) >= 11 is 0. The van der Waals surface area contributed by atoms with Crippen LogP contribution in [0.2, 0.25) is 0 Å². The summed E-state index contributed by atoms with van der Waals surface area (Å²) in [7, 11) is 1.48. The second kappa shape index (κ2) is 5.42. The Labute approximate surface area is 109 Å². The topological polar surface area (TPSA) is 104 Å². The fraction of sp³-hybridized carbons (Fsp3) is 0.0909. The number of carbonyl (C=O) groups excluding carboxylic acids is 1. The summed E-state index contributed by atoms with van der Waals surface area (Å²) in [5.41, 5.74) is 6.43. The Hall–Kier alpha value is -2.21. The van der Waals surface area contributed by atoms with Gasteiger partial charge in [-0.05, 0) is 18.2 Å². The van der Waals surface area contributed by atoms with Gasteiger partial charge in [-0.2, -0.15) is 0 Å². The van der Waals surface area contributed by atoms with Crippen LogP contribution >= 0.6 is 12.4 Å². The number of H-pyrrole nitrogens is 1. The van der Waals surface area contributed by atoms with Gasteiger partial charge < -0.3 is 15.8 Å². The van der Waals surface area contributed by atoms with Crippen LogP contribution in [0.15, 0.2) is 29.3 Å². The monoisotopic (exact) mass is 268 g/mol. The molecule has 96 valence electrons. The number of hydrogen-bond donors (Lipinski definition) is 4. The largest absolute Gasteiger partial charge is 0.508 e. The van der Waals surface area contributed by atoms with Crippen LogP contribution in [0.3, 0.4) is 0 Å². The lowest BCUT2D eigenvalue weighted by atomic mass is 10.2. The molecule has 0 unspecified atom stereocenters. The number of aromatic amines is 1. The zero-order valence-electron chi connectivity index (χ0n) is 9.60. The van der Waals surface area contributed by atoms with Crippen molar-refractivity contribution >= 4 is 35.2 Å². The third-order valence-corrected chi connectivity index (χ3v) is 2.33. The van der Waals surface area contributed by atoms with E-state index in [1.807, 2.05) is 0 Å². The maximum atomic E-state index is 11.7. The quantitative estimate of drug-likeness (QED) is 0.458. The molecule has 0 spiro atoms. The van der Waals surface area contributed by atoms with Crippen molar-refractivity contribution in [1.82, 2.24) is 10.3 Å². The minimum absolute atomic E-state index is 0. The number of phenolic OH excluding ortho intramolecular Hbond substituents is 1. The lowest BCUT2D eigenvalue weighted by Gasteiger charge is -2.00. The second-order valence-corrected chi connectivity index (χ2v) is 3.52. The molecule has 0 aliphatic heterocycles. The molecule has 2 aromatic rings. The average molecular weight is 269 g/mol. The second-order valence-electron chi connectivity index (χ2n) is 3.52. The van der Waals surface area contributed by atoms with Crippen LogP contribution in [0.5, 0.6) is 5.75 Å². The highest BCUT2D eigenvalue weighted by Gasteiger charge is 2.10. The van der Waals surface area contributed by atoms with Crippen molar-refractivity contribution in [3.63, 3.8) is 0 Å². The number of carbonyl (C=O) groups is 1. The number of amides is 1. The fourth-order valence-corrected chi connectivity index (χ4v) is 1.48. The first-order valence-electron chi connectivity index (χ1n) is 4.95. The van der Waals surface area contributed by atoms with E-state index in [1.165, 1.54) is 7.05 Å². The lowest BCUT2D eigenvalue weighted by Crippen LogP contribution is -2.36. The molecule has 0 radical (unpaired) electrons. The van der Waals surface area contributed by atoms with E-state index in [2.05, 4.69) is 15.3 Å². The first-order chi connectivity index (χ1) is 8.10. The first kappa shape index (κ1) is 13.9. The van der Waals surface area contributed by atoms with E-state index in [0.717, 1.165) is 5.39 Å². The molecule has 7 heteroatoms. The Kier molecular flexibility index (Phi) is 4.17. The molecular weight excluding hydrogens is 256 g/mol. The van der Waals surface area contributed by atoms with Crippen molar-refractivity contribution in [3.8, 4) is 5.75 Å².